The van der Waals surface area contributed by atoms with Crippen molar-refractivity contribution >= 4 is 8.80 Å². The van der Waals surface area contributed by atoms with Gasteiger partial charge in [0.25, 0.3) is 0 Å². The molecule has 0 N–H and O–H groups in total. The zero-order valence-corrected chi connectivity index (χ0v) is 13.3. The van der Waals surface area contributed by atoms with Crippen LogP contribution in [0.3, 0.4) is 0 Å². The first-order valence-electron chi connectivity index (χ1n) is 6.74. The topological polar surface area (TPSA) is 36.9 Å². The Balaban J connectivity index is 4.08. The van der Waals surface area contributed by atoms with Gasteiger partial charge >= 0.3 is 8.80 Å². The lowest BCUT2D eigenvalue weighted by Crippen LogP contribution is -2.46. The smallest absolute Gasteiger partial charge is 0.377 e. The minimum atomic E-state index is -2.48. The van der Waals surface area contributed by atoms with E-state index in [1.165, 1.54) is 0 Å². The van der Waals surface area contributed by atoms with Crippen LogP contribution in [-0.4, -0.2) is 41.8 Å². The first-order valence-corrected chi connectivity index (χ1v) is 8.67. The van der Waals surface area contributed by atoms with Gasteiger partial charge in [-0.1, -0.05) is 12.2 Å². The van der Waals surface area contributed by atoms with E-state index in [2.05, 4.69) is 6.58 Å². The van der Waals surface area contributed by atoms with Crippen LogP contribution < -0.4 is 0 Å². The van der Waals surface area contributed by atoms with Crippen LogP contribution in [0, 0.1) is 0 Å². The quantitative estimate of drug-likeness (QED) is 0.312. The van der Waals surface area contributed by atoms with Crippen molar-refractivity contribution < 1.29 is 18.0 Å². The summed E-state index contributed by atoms with van der Waals surface area (Å²) in [5, 5.41) is 0. The summed E-state index contributed by atoms with van der Waals surface area (Å²) in [5.74, 6) is 0. The number of rotatable bonds is 12. The van der Waals surface area contributed by atoms with Crippen LogP contribution in [0.2, 0.25) is 6.04 Å². The standard InChI is InChI=1S/C13H28O4Si/c1-6-15-18(16-7-2,17-8-3)11-9-10-14-12-13(4)5/h4,6-12H2,1-3,5H3. The van der Waals surface area contributed by atoms with Gasteiger partial charge in [0.15, 0.2) is 0 Å². The van der Waals surface area contributed by atoms with E-state index in [-0.39, 0.29) is 0 Å². The maximum atomic E-state index is 5.76. The lowest BCUT2D eigenvalue weighted by molar-refractivity contribution is 0.0670. The van der Waals surface area contributed by atoms with Crippen LogP contribution in [0.4, 0.5) is 0 Å². The van der Waals surface area contributed by atoms with Gasteiger partial charge in [0.05, 0.1) is 6.61 Å². The van der Waals surface area contributed by atoms with Gasteiger partial charge in [0.2, 0.25) is 0 Å². The van der Waals surface area contributed by atoms with Crippen LogP contribution in [-0.2, 0) is 18.0 Å². The molecule has 0 amide bonds. The highest BCUT2D eigenvalue weighted by atomic mass is 28.4. The minimum Gasteiger partial charge on any atom is -0.377 e. The van der Waals surface area contributed by atoms with Gasteiger partial charge in [-0.2, -0.15) is 0 Å². The Kier molecular flexibility index (Phi) is 10.6. The minimum absolute atomic E-state index is 0.618. The average molecular weight is 276 g/mol. The van der Waals surface area contributed by atoms with Crippen LogP contribution >= 0.6 is 0 Å². The number of ether oxygens (including phenoxy) is 1. The van der Waals surface area contributed by atoms with E-state index < -0.39 is 8.80 Å². The van der Waals surface area contributed by atoms with E-state index in [0.29, 0.717) is 33.0 Å². The maximum Gasteiger partial charge on any atom is 0.501 e. The molecule has 0 bridgehead atoms. The Labute approximate surface area is 113 Å². The van der Waals surface area contributed by atoms with Crippen molar-refractivity contribution in [2.75, 3.05) is 33.0 Å². The summed E-state index contributed by atoms with van der Waals surface area (Å²) in [4.78, 5) is 0. The largest absolute Gasteiger partial charge is 0.501 e. The monoisotopic (exact) mass is 276 g/mol. The van der Waals surface area contributed by atoms with Crippen LogP contribution in [0.25, 0.3) is 0 Å². The summed E-state index contributed by atoms with van der Waals surface area (Å²) in [6.07, 6.45) is 0.888. The maximum absolute atomic E-state index is 5.76. The second-order valence-electron chi connectivity index (χ2n) is 4.10. The second-order valence-corrected chi connectivity index (χ2v) is 6.83. The second kappa shape index (κ2) is 10.7. The lowest BCUT2D eigenvalue weighted by Gasteiger charge is -2.28. The zero-order valence-electron chi connectivity index (χ0n) is 12.3. The summed E-state index contributed by atoms with van der Waals surface area (Å²) in [6.45, 7) is 14.8. The molecule has 0 atom stereocenters. The Hall–Kier alpha value is -0.203. The molecule has 0 aliphatic rings. The molecule has 0 rings (SSSR count). The average Bonchev–Trinajstić information content (AvgIpc) is 2.29. The van der Waals surface area contributed by atoms with Crippen LogP contribution in [0.5, 0.6) is 0 Å². The van der Waals surface area contributed by atoms with E-state index in [9.17, 15) is 0 Å². The number of hydrogen-bond acceptors (Lipinski definition) is 4. The highest BCUT2D eigenvalue weighted by Crippen LogP contribution is 2.18. The fourth-order valence-electron chi connectivity index (χ4n) is 1.64. The van der Waals surface area contributed by atoms with E-state index in [1.54, 1.807) is 0 Å². The normalized spacial score (nSPS) is 11.8. The third kappa shape index (κ3) is 8.00. The molecule has 0 aromatic heterocycles. The van der Waals surface area contributed by atoms with Crippen molar-refractivity contribution in [3.63, 3.8) is 0 Å². The van der Waals surface area contributed by atoms with Crippen molar-refractivity contribution in [3.05, 3.63) is 12.2 Å². The molecular weight excluding hydrogens is 248 g/mol. The van der Waals surface area contributed by atoms with Crippen molar-refractivity contribution in [2.24, 2.45) is 0 Å². The summed E-state index contributed by atoms with van der Waals surface area (Å²) < 4.78 is 22.8. The fourth-order valence-corrected chi connectivity index (χ4v) is 4.22. The Morgan fingerprint density at radius 3 is 1.89 bits per heavy atom. The van der Waals surface area contributed by atoms with Gasteiger partial charge in [0, 0.05) is 32.5 Å². The summed E-state index contributed by atoms with van der Waals surface area (Å²) in [7, 11) is -2.48. The van der Waals surface area contributed by atoms with Crippen LogP contribution in [0.15, 0.2) is 12.2 Å². The van der Waals surface area contributed by atoms with Gasteiger partial charge in [0.1, 0.15) is 0 Å². The van der Waals surface area contributed by atoms with Gasteiger partial charge in [-0.05, 0) is 34.1 Å². The Morgan fingerprint density at radius 1 is 1.00 bits per heavy atom. The van der Waals surface area contributed by atoms with Crippen molar-refractivity contribution in [1.29, 1.82) is 0 Å². The third-order valence-electron chi connectivity index (χ3n) is 2.21. The molecule has 0 aromatic rings. The highest BCUT2D eigenvalue weighted by molar-refractivity contribution is 6.60. The van der Waals surface area contributed by atoms with Gasteiger partial charge < -0.3 is 18.0 Å². The number of hydrogen-bond donors (Lipinski definition) is 0. The fraction of sp³-hybridized carbons (Fsp3) is 0.846. The Morgan fingerprint density at radius 2 is 1.50 bits per heavy atom. The predicted molar refractivity (Wildman–Crippen MR) is 75.7 cm³/mol. The molecular formula is C13H28O4Si. The SMILES string of the molecule is C=C(C)COCCC[Si](OCC)(OCC)OCC. The van der Waals surface area contributed by atoms with E-state index in [4.69, 9.17) is 18.0 Å². The molecule has 0 heterocycles. The Bertz CT molecular complexity index is 204. The molecule has 18 heavy (non-hydrogen) atoms. The molecule has 0 aliphatic carbocycles. The molecule has 0 saturated heterocycles. The molecule has 0 fully saturated rings. The zero-order chi connectivity index (χ0) is 13.9. The first kappa shape index (κ1) is 17.8. The molecule has 0 unspecified atom stereocenters. The van der Waals surface area contributed by atoms with Crippen molar-refractivity contribution in [1.82, 2.24) is 0 Å². The van der Waals surface area contributed by atoms with Gasteiger partial charge in [-0.15, -0.1) is 0 Å². The highest BCUT2D eigenvalue weighted by Gasteiger charge is 2.39. The van der Waals surface area contributed by atoms with Gasteiger partial charge in [-0.25, -0.2) is 0 Å². The predicted octanol–water partition coefficient (Wildman–Crippen LogP) is 3.02. The molecule has 0 saturated carbocycles. The summed E-state index contributed by atoms with van der Waals surface area (Å²) in [5.41, 5.74) is 1.04. The van der Waals surface area contributed by atoms with Gasteiger partial charge in [-0.3, -0.25) is 0 Å². The molecule has 4 nitrogen and oxygen atoms in total. The van der Waals surface area contributed by atoms with Crippen LogP contribution in [0.1, 0.15) is 34.1 Å². The first-order chi connectivity index (χ1) is 8.60. The molecule has 0 radical (unpaired) electrons. The molecule has 0 aromatic carbocycles. The molecule has 108 valence electrons. The summed E-state index contributed by atoms with van der Waals surface area (Å²) >= 11 is 0. The van der Waals surface area contributed by atoms with Crippen molar-refractivity contribution in [2.45, 2.75) is 40.2 Å². The van der Waals surface area contributed by atoms with Crippen molar-refractivity contribution in [3.8, 4) is 0 Å². The molecule has 5 heteroatoms. The van der Waals surface area contributed by atoms with E-state index in [0.717, 1.165) is 18.0 Å². The lowest BCUT2D eigenvalue weighted by atomic mass is 10.4. The molecule has 0 spiro atoms. The summed E-state index contributed by atoms with van der Waals surface area (Å²) in [6, 6.07) is 0.804. The van der Waals surface area contributed by atoms with E-state index >= 15 is 0 Å². The molecule has 0 aliphatic heterocycles. The van der Waals surface area contributed by atoms with E-state index in [1.807, 2.05) is 27.7 Å². The third-order valence-corrected chi connectivity index (χ3v) is 5.36.